The molecule has 0 bridgehead atoms. The number of rotatable bonds is 4. The highest BCUT2D eigenvalue weighted by Crippen LogP contribution is 2.38. The number of thioether (sulfide) groups is 1. The molecule has 3 aromatic rings. The van der Waals surface area contributed by atoms with Gasteiger partial charge in [-0.15, -0.1) is 0 Å². The average Bonchev–Trinajstić information content (AvgIpc) is 2.72. The van der Waals surface area contributed by atoms with E-state index in [1.807, 2.05) is 36.4 Å². The zero-order valence-electron chi connectivity index (χ0n) is 16.8. The first-order valence-electron chi connectivity index (χ1n) is 9.68. The number of hydrogen-bond acceptors (Lipinski definition) is 4. The Morgan fingerprint density at radius 2 is 1.63 bits per heavy atom. The van der Waals surface area contributed by atoms with Gasteiger partial charge in [0.2, 0.25) is 10.0 Å². The van der Waals surface area contributed by atoms with Crippen LogP contribution in [0.25, 0.3) is 21.9 Å². The molecule has 1 atom stereocenters. The number of benzene rings is 3. The number of carbonyl (C=O) groups is 1. The Labute approximate surface area is 180 Å². The van der Waals surface area contributed by atoms with Crippen LogP contribution >= 0.6 is 11.8 Å². The number of hydrogen-bond donors (Lipinski definition) is 1. The van der Waals surface area contributed by atoms with Gasteiger partial charge in [-0.1, -0.05) is 48.5 Å². The van der Waals surface area contributed by atoms with E-state index in [0.29, 0.717) is 5.75 Å². The molecule has 1 N–H and O–H groups in total. The quantitative estimate of drug-likeness (QED) is 0.646. The van der Waals surface area contributed by atoms with Crippen LogP contribution in [0.15, 0.2) is 71.6 Å². The summed E-state index contributed by atoms with van der Waals surface area (Å²) in [6, 6.07) is 19.8. The summed E-state index contributed by atoms with van der Waals surface area (Å²) in [5.74, 6) is -0.561. The monoisotopic (exact) mass is 441 g/mol. The molecule has 1 fully saturated rings. The zero-order valence-corrected chi connectivity index (χ0v) is 18.4. The van der Waals surface area contributed by atoms with E-state index in [2.05, 4.69) is 6.07 Å². The van der Waals surface area contributed by atoms with Crippen LogP contribution < -0.4 is 0 Å². The first-order valence-corrected chi connectivity index (χ1v) is 12.1. The van der Waals surface area contributed by atoms with E-state index >= 15 is 0 Å². The lowest BCUT2D eigenvalue weighted by molar-refractivity contribution is -0.142. The molecule has 156 valence electrons. The Bertz CT molecular complexity index is 1200. The summed E-state index contributed by atoms with van der Waals surface area (Å²) in [5.41, 5.74) is 1.90. The molecule has 7 heteroatoms. The molecule has 1 saturated heterocycles. The largest absolute Gasteiger partial charge is 0.480 e. The van der Waals surface area contributed by atoms with Crippen molar-refractivity contribution in [3.63, 3.8) is 0 Å². The Morgan fingerprint density at radius 3 is 2.30 bits per heavy atom. The minimum absolute atomic E-state index is 0.112. The topological polar surface area (TPSA) is 74.7 Å². The fourth-order valence-corrected chi connectivity index (χ4v) is 7.05. The summed E-state index contributed by atoms with van der Waals surface area (Å²) in [7, 11) is -3.92. The molecule has 0 amide bonds. The van der Waals surface area contributed by atoms with Gasteiger partial charge < -0.3 is 5.11 Å². The van der Waals surface area contributed by atoms with E-state index in [9.17, 15) is 18.3 Å². The maximum absolute atomic E-state index is 13.3. The van der Waals surface area contributed by atoms with Gasteiger partial charge in [-0.05, 0) is 53.9 Å². The van der Waals surface area contributed by atoms with Gasteiger partial charge in [0, 0.05) is 17.0 Å². The Kier molecular flexibility index (Phi) is 5.38. The molecule has 5 nitrogen and oxygen atoms in total. The second-order valence-electron chi connectivity index (χ2n) is 7.89. The SMILES string of the molecule is CC1(C)SCCN(S(=O)(=O)c2ccc(-c3ccc4ccccc4c3)cc2)C1C(=O)O. The fraction of sp³-hybridized carbons (Fsp3) is 0.261. The number of fused-ring (bicyclic) bond motifs is 1. The molecule has 1 heterocycles. The summed E-state index contributed by atoms with van der Waals surface area (Å²) in [6.07, 6.45) is 0. The van der Waals surface area contributed by atoms with Gasteiger partial charge in [0.25, 0.3) is 0 Å². The van der Waals surface area contributed by atoms with E-state index in [1.165, 1.54) is 11.8 Å². The second kappa shape index (κ2) is 7.72. The van der Waals surface area contributed by atoms with Crippen LogP contribution in [0.3, 0.4) is 0 Å². The van der Waals surface area contributed by atoms with Crippen molar-refractivity contribution in [2.45, 2.75) is 29.5 Å². The van der Waals surface area contributed by atoms with Gasteiger partial charge in [-0.2, -0.15) is 16.1 Å². The zero-order chi connectivity index (χ0) is 21.5. The summed E-state index contributed by atoms with van der Waals surface area (Å²) < 4.78 is 27.0. The van der Waals surface area contributed by atoms with Crippen molar-refractivity contribution >= 4 is 38.5 Å². The highest BCUT2D eigenvalue weighted by atomic mass is 32.2. The Hall–Kier alpha value is -2.35. The van der Waals surface area contributed by atoms with Crippen molar-refractivity contribution in [1.29, 1.82) is 0 Å². The number of carboxylic acids is 1. The summed E-state index contributed by atoms with van der Waals surface area (Å²) in [6.45, 7) is 3.74. The lowest BCUT2D eigenvalue weighted by atomic mass is 10.0. The fourth-order valence-electron chi connectivity index (χ4n) is 3.96. The van der Waals surface area contributed by atoms with Crippen LogP contribution in [0.5, 0.6) is 0 Å². The molecule has 0 radical (unpaired) electrons. The van der Waals surface area contributed by atoms with Crippen LogP contribution in [0.1, 0.15) is 13.8 Å². The summed E-state index contributed by atoms with van der Waals surface area (Å²) in [5, 5.41) is 12.0. The molecule has 3 aromatic carbocycles. The first-order chi connectivity index (χ1) is 14.2. The molecule has 0 aromatic heterocycles. The van der Waals surface area contributed by atoms with Gasteiger partial charge in [0.1, 0.15) is 6.04 Å². The van der Waals surface area contributed by atoms with Gasteiger partial charge in [-0.25, -0.2) is 8.42 Å². The molecule has 1 aliphatic heterocycles. The van der Waals surface area contributed by atoms with E-state index in [1.54, 1.807) is 38.1 Å². The van der Waals surface area contributed by atoms with Crippen molar-refractivity contribution < 1.29 is 18.3 Å². The number of sulfonamides is 1. The highest BCUT2D eigenvalue weighted by molar-refractivity contribution is 8.00. The number of carboxylic acid groups (broad SMARTS) is 1. The Balaban J connectivity index is 1.67. The summed E-state index contributed by atoms with van der Waals surface area (Å²) >= 11 is 1.49. The van der Waals surface area contributed by atoms with Crippen LogP contribution in [-0.4, -0.2) is 46.9 Å². The molecule has 30 heavy (non-hydrogen) atoms. The number of aliphatic carboxylic acids is 1. The summed E-state index contributed by atoms with van der Waals surface area (Å²) in [4.78, 5) is 12.0. The van der Waals surface area contributed by atoms with Crippen molar-refractivity contribution in [3.8, 4) is 11.1 Å². The van der Waals surface area contributed by atoms with Crippen LogP contribution in [0.4, 0.5) is 0 Å². The lowest BCUT2D eigenvalue weighted by Crippen LogP contribution is -2.58. The van der Waals surface area contributed by atoms with Crippen molar-refractivity contribution in [3.05, 3.63) is 66.7 Å². The minimum Gasteiger partial charge on any atom is -0.480 e. The molecule has 0 spiro atoms. The van der Waals surface area contributed by atoms with Gasteiger partial charge in [0.15, 0.2) is 0 Å². The molecule has 4 rings (SSSR count). The molecule has 0 saturated carbocycles. The van der Waals surface area contributed by atoms with Gasteiger partial charge >= 0.3 is 5.97 Å². The molecule has 0 aliphatic carbocycles. The minimum atomic E-state index is -3.92. The maximum atomic E-state index is 13.3. The molecule has 1 aliphatic rings. The van der Waals surface area contributed by atoms with Crippen LogP contribution in [0.2, 0.25) is 0 Å². The molecule has 1 unspecified atom stereocenters. The predicted octanol–water partition coefficient (Wildman–Crippen LogP) is 4.48. The van der Waals surface area contributed by atoms with Crippen LogP contribution in [0, 0.1) is 0 Å². The van der Waals surface area contributed by atoms with E-state index < -0.39 is 26.8 Å². The third-order valence-electron chi connectivity index (χ3n) is 5.51. The standard InChI is InChI=1S/C23H23NO4S2/c1-23(2)21(22(25)26)24(13-14-29-23)30(27,28)20-11-9-17(10-12-20)19-8-7-16-5-3-4-6-18(16)15-19/h3-12,15,21H,13-14H2,1-2H3,(H,25,26). The normalized spacial score (nSPS) is 19.6. The third kappa shape index (κ3) is 3.73. The molecular formula is C23H23NO4S2. The van der Waals surface area contributed by atoms with E-state index in [-0.39, 0.29) is 11.4 Å². The highest BCUT2D eigenvalue weighted by Gasteiger charge is 2.48. The smallest absolute Gasteiger partial charge is 0.323 e. The lowest BCUT2D eigenvalue weighted by Gasteiger charge is -2.42. The number of nitrogens with zero attached hydrogens (tertiary/aromatic N) is 1. The van der Waals surface area contributed by atoms with E-state index in [0.717, 1.165) is 26.2 Å². The van der Waals surface area contributed by atoms with Crippen molar-refractivity contribution in [2.24, 2.45) is 0 Å². The average molecular weight is 442 g/mol. The predicted molar refractivity (Wildman–Crippen MR) is 121 cm³/mol. The molecular weight excluding hydrogens is 418 g/mol. The van der Waals surface area contributed by atoms with Crippen molar-refractivity contribution in [1.82, 2.24) is 4.31 Å². The second-order valence-corrected chi connectivity index (χ2v) is 11.5. The van der Waals surface area contributed by atoms with Gasteiger partial charge in [-0.3, -0.25) is 4.79 Å². The van der Waals surface area contributed by atoms with E-state index in [4.69, 9.17) is 0 Å². The van der Waals surface area contributed by atoms with Crippen LogP contribution in [-0.2, 0) is 14.8 Å². The van der Waals surface area contributed by atoms with Crippen molar-refractivity contribution in [2.75, 3.05) is 12.3 Å². The first kappa shape index (κ1) is 20.9. The Morgan fingerprint density at radius 1 is 1.00 bits per heavy atom. The maximum Gasteiger partial charge on any atom is 0.323 e. The van der Waals surface area contributed by atoms with Gasteiger partial charge in [0.05, 0.1) is 4.90 Å². The third-order valence-corrected chi connectivity index (χ3v) is 8.74.